The van der Waals surface area contributed by atoms with Crippen molar-refractivity contribution in [3.05, 3.63) is 62.0 Å². The molecule has 2 aromatic carbocycles. The molecule has 0 heterocycles. The lowest BCUT2D eigenvalue weighted by Gasteiger charge is -2.18. The number of carbonyl (C=O) groups excluding carboxylic acids is 1. The van der Waals surface area contributed by atoms with Crippen LogP contribution in [0.25, 0.3) is 0 Å². The van der Waals surface area contributed by atoms with Crippen LogP contribution in [0.1, 0.15) is 28.9 Å². The van der Waals surface area contributed by atoms with Crippen LogP contribution in [-0.2, 0) is 0 Å². The Morgan fingerprint density at radius 3 is 2.52 bits per heavy atom. The van der Waals surface area contributed by atoms with Gasteiger partial charge in [-0.15, -0.1) is 0 Å². The van der Waals surface area contributed by atoms with Gasteiger partial charge in [-0.3, -0.25) is 4.79 Å². The van der Waals surface area contributed by atoms with E-state index in [0.717, 1.165) is 10.0 Å². The summed E-state index contributed by atoms with van der Waals surface area (Å²) in [6.45, 7) is 1.96. The van der Waals surface area contributed by atoms with E-state index in [1.807, 2.05) is 25.1 Å². The van der Waals surface area contributed by atoms with Crippen molar-refractivity contribution >= 4 is 50.7 Å². The van der Waals surface area contributed by atoms with E-state index in [1.54, 1.807) is 18.2 Å². The van der Waals surface area contributed by atoms with Crippen LogP contribution in [0.4, 0.5) is 5.69 Å². The fourth-order valence-corrected chi connectivity index (χ4v) is 2.96. The monoisotopic (exact) mass is 386 g/mol. The van der Waals surface area contributed by atoms with Crippen molar-refractivity contribution in [2.24, 2.45) is 5.73 Å². The van der Waals surface area contributed by atoms with E-state index in [9.17, 15) is 4.79 Å². The van der Waals surface area contributed by atoms with Crippen LogP contribution >= 0.6 is 39.1 Å². The Hall–Kier alpha value is -1.23. The van der Waals surface area contributed by atoms with Crippen molar-refractivity contribution in [1.29, 1.82) is 0 Å². The third kappa shape index (κ3) is 3.90. The Morgan fingerprint density at radius 1 is 1.19 bits per heavy atom. The second-order valence-electron chi connectivity index (χ2n) is 4.59. The molecule has 1 amide bonds. The van der Waals surface area contributed by atoms with Gasteiger partial charge >= 0.3 is 0 Å². The number of amides is 1. The zero-order chi connectivity index (χ0) is 15.6. The molecule has 1 atom stereocenters. The topological polar surface area (TPSA) is 55.1 Å². The molecule has 0 spiro atoms. The lowest BCUT2D eigenvalue weighted by Crippen LogP contribution is -2.12. The van der Waals surface area contributed by atoms with Crippen molar-refractivity contribution in [3.63, 3.8) is 0 Å². The SMILES string of the molecule is CC(Nc1cc(C(N)=O)ccc1Cl)c1ccc(Br)cc1Cl. The number of nitrogens with one attached hydrogen (secondary N) is 1. The van der Waals surface area contributed by atoms with Gasteiger partial charge in [-0.1, -0.05) is 45.2 Å². The Balaban J connectivity index is 2.28. The van der Waals surface area contributed by atoms with Gasteiger partial charge in [-0.25, -0.2) is 0 Å². The van der Waals surface area contributed by atoms with E-state index >= 15 is 0 Å². The molecular weight excluding hydrogens is 375 g/mol. The fourth-order valence-electron chi connectivity index (χ4n) is 1.95. The summed E-state index contributed by atoms with van der Waals surface area (Å²) in [7, 11) is 0. The van der Waals surface area contributed by atoms with Crippen LogP contribution in [0.5, 0.6) is 0 Å². The number of nitrogens with two attached hydrogens (primary N) is 1. The predicted octanol–water partition coefficient (Wildman–Crippen LogP) is 5.03. The minimum atomic E-state index is -0.496. The van der Waals surface area contributed by atoms with Crippen LogP contribution in [0, 0.1) is 0 Å². The van der Waals surface area contributed by atoms with E-state index in [-0.39, 0.29) is 6.04 Å². The van der Waals surface area contributed by atoms with Gasteiger partial charge in [-0.2, -0.15) is 0 Å². The standard InChI is InChI=1S/C15H13BrCl2N2O/c1-8(11-4-3-10(16)7-13(11)18)20-14-6-9(15(19)21)2-5-12(14)17/h2-8,20H,1H3,(H2,19,21). The molecule has 2 rings (SSSR count). The van der Waals surface area contributed by atoms with E-state index in [4.69, 9.17) is 28.9 Å². The summed E-state index contributed by atoms with van der Waals surface area (Å²) in [6.07, 6.45) is 0. The molecule has 6 heteroatoms. The molecule has 0 aliphatic carbocycles. The Morgan fingerprint density at radius 2 is 1.90 bits per heavy atom. The first-order chi connectivity index (χ1) is 9.88. The number of halogens is 3. The first-order valence-electron chi connectivity index (χ1n) is 6.19. The van der Waals surface area contributed by atoms with Crippen molar-refractivity contribution in [2.45, 2.75) is 13.0 Å². The Labute approximate surface area is 141 Å². The van der Waals surface area contributed by atoms with Crippen LogP contribution in [-0.4, -0.2) is 5.91 Å². The molecule has 0 aliphatic heterocycles. The zero-order valence-corrected chi connectivity index (χ0v) is 14.3. The van der Waals surface area contributed by atoms with Crippen LogP contribution in [0.15, 0.2) is 40.9 Å². The molecule has 110 valence electrons. The molecule has 0 saturated carbocycles. The van der Waals surface area contributed by atoms with Gasteiger partial charge in [0, 0.05) is 15.1 Å². The Kier molecular flexibility index (Phi) is 5.14. The van der Waals surface area contributed by atoms with Crippen LogP contribution < -0.4 is 11.1 Å². The zero-order valence-electron chi connectivity index (χ0n) is 11.2. The summed E-state index contributed by atoms with van der Waals surface area (Å²) in [5.41, 5.74) is 7.25. The molecule has 2 aromatic rings. The molecule has 3 nitrogen and oxygen atoms in total. The normalized spacial score (nSPS) is 12.0. The average molecular weight is 388 g/mol. The third-order valence-electron chi connectivity index (χ3n) is 3.05. The number of hydrogen-bond donors (Lipinski definition) is 2. The maximum Gasteiger partial charge on any atom is 0.248 e. The lowest BCUT2D eigenvalue weighted by atomic mass is 10.1. The summed E-state index contributed by atoms with van der Waals surface area (Å²) in [5.74, 6) is -0.496. The molecule has 21 heavy (non-hydrogen) atoms. The molecule has 0 aromatic heterocycles. The molecule has 1 unspecified atom stereocenters. The van der Waals surface area contributed by atoms with Gasteiger partial charge in [-0.05, 0) is 42.8 Å². The van der Waals surface area contributed by atoms with Gasteiger partial charge in [0.15, 0.2) is 0 Å². The maximum absolute atomic E-state index is 11.2. The highest BCUT2D eigenvalue weighted by molar-refractivity contribution is 9.10. The minimum absolute atomic E-state index is 0.0776. The van der Waals surface area contributed by atoms with Crippen molar-refractivity contribution in [3.8, 4) is 0 Å². The fraction of sp³-hybridized carbons (Fsp3) is 0.133. The third-order valence-corrected chi connectivity index (χ3v) is 4.20. The first kappa shape index (κ1) is 16.1. The highest BCUT2D eigenvalue weighted by atomic mass is 79.9. The predicted molar refractivity (Wildman–Crippen MR) is 91.2 cm³/mol. The second kappa shape index (κ2) is 6.69. The molecular formula is C15H13BrCl2N2O. The number of primary amides is 1. The first-order valence-corrected chi connectivity index (χ1v) is 7.74. The van der Waals surface area contributed by atoms with E-state index in [1.165, 1.54) is 0 Å². The van der Waals surface area contributed by atoms with E-state index < -0.39 is 5.91 Å². The van der Waals surface area contributed by atoms with E-state index in [0.29, 0.717) is 21.3 Å². The number of rotatable bonds is 4. The summed E-state index contributed by atoms with van der Waals surface area (Å²) >= 11 is 15.7. The number of anilines is 1. The number of hydrogen-bond acceptors (Lipinski definition) is 2. The largest absolute Gasteiger partial charge is 0.377 e. The average Bonchev–Trinajstić information content (AvgIpc) is 2.40. The van der Waals surface area contributed by atoms with Gasteiger partial charge < -0.3 is 11.1 Å². The molecule has 3 N–H and O–H groups in total. The second-order valence-corrected chi connectivity index (χ2v) is 6.32. The van der Waals surface area contributed by atoms with Gasteiger partial charge in [0.2, 0.25) is 5.91 Å². The Bertz CT molecular complexity index is 691. The molecule has 0 aliphatic rings. The van der Waals surface area contributed by atoms with Crippen LogP contribution in [0.3, 0.4) is 0 Å². The highest BCUT2D eigenvalue weighted by Gasteiger charge is 2.13. The van der Waals surface area contributed by atoms with Crippen molar-refractivity contribution < 1.29 is 4.79 Å². The summed E-state index contributed by atoms with van der Waals surface area (Å²) < 4.78 is 0.914. The molecule has 0 bridgehead atoms. The number of carbonyl (C=O) groups is 1. The smallest absolute Gasteiger partial charge is 0.248 e. The molecule has 0 saturated heterocycles. The van der Waals surface area contributed by atoms with E-state index in [2.05, 4.69) is 21.2 Å². The molecule has 0 radical (unpaired) electrons. The summed E-state index contributed by atoms with van der Waals surface area (Å²) in [5, 5.41) is 4.40. The van der Waals surface area contributed by atoms with Gasteiger partial charge in [0.25, 0.3) is 0 Å². The van der Waals surface area contributed by atoms with Crippen molar-refractivity contribution in [1.82, 2.24) is 0 Å². The highest BCUT2D eigenvalue weighted by Crippen LogP contribution is 2.31. The lowest BCUT2D eigenvalue weighted by molar-refractivity contribution is 0.100. The van der Waals surface area contributed by atoms with Crippen LogP contribution in [0.2, 0.25) is 10.0 Å². The summed E-state index contributed by atoms with van der Waals surface area (Å²) in [4.78, 5) is 11.2. The molecule has 0 fully saturated rings. The van der Waals surface area contributed by atoms with Gasteiger partial charge in [0.05, 0.1) is 16.8 Å². The van der Waals surface area contributed by atoms with Crippen molar-refractivity contribution in [2.75, 3.05) is 5.32 Å². The van der Waals surface area contributed by atoms with Gasteiger partial charge in [0.1, 0.15) is 0 Å². The quantitative estimate of drug-likeness (QED) is 0.772. The number of benzene rings is 2. The maximum atomic E-state index is 11.2. The summed E-state index contributed by atoms with van der Waals surface area (Å²) in [6, 6.07) is 10.5. The minimum Gasteiger partial charge on any atom is -0.377 e.